The van der Waals surface area contributed by atoms with Gasteiger partial charge >= 0.3 is 0 Å². The molecule has 0 fully saturated rings. The zero-order valence-corrected chi connectivity index (χ0v) is 18.4. The van der Waals surface area contributed by atoms with E-state index in [0.29, 0.717) is 26.8 Å². The molecular formula is C23H18ClN3O4S. The summed E-state index contributed by atoms with van der Waals surface area (Å²) in [6.07, 6.45) is 1.63. The van der Waals surface area contributed by atoms with Crippen LogP contribution in [0.25, 0.3) is 10.9 Å². The number of hydrogen-bond acceptors (Lipinski definition) is 6. The number of aromatic nitrogens is 2. The molecule has 0 radical (unpaired) electrons. The van der Waals surface area contributed by atoms with Crippen LogP contribution in [0.1, 0.15) is 11.3 Å². The highest BCUT2D eigenvalue weighted by atomic mass is 35.5. The molecule has 7 nitrogen and oxygen atoms in total. The molecule has 4 rings (SSSR count). The third-order valence-corrected chi connectivity index (χ3v) is 5.81. The Bertz CT molecular complexity index is 1320. The lowest BCUT2D eigenvalue weighted by molar-refractivity contribution is -0.128. The van der Waals surface area contributed by atoms with Gasteiger partial charge in [-0.2, -0.15) is 0 Å². The molecule has 162 valence electrons. The quantitative estimate of drug-likeness (QED) is 0.329. The van der Waals surface area contributed by atoms with Crippen molar-refractivity contribution < 1.29 is 14.0 Å². The average Bonchev–Trinajstić information content (AvgIpc) is 3.28. The molecule has 0 atom stereocenters. The van der Waals surface area contributed by atoms with E-state index in [9.17, 15) is 14.4 Å². The molecule has 1 N–H and O–H groups in total. The van der Waals surface area contributed by atoms with Gasteiger partial charge in [0.1, 0.15) is 5.76 Å². The van der Waals surface area contributed by atoms with Gasteiger partial charge in [-0.25, -0.2) is 4.98 Å². The molecule has 0 saturated heterocycles. The van der Waals surface area contributed by atoms with Gasteiger partial charge in [-0.05, 0) is 35.9 Å². The van der Waals surface area contributed by atoms with Crippen LogP contribution in [0, 0.1) is 0 Å². The lowest BCUT2D eigenvalue weighted by Gasteiger charge is -2.12. The SMILES string of the molecule is O=C(CSc1nc2cc(Cl)ccc2c(=O)n1Cc1ccco1)NC(=O)Cc1ccccc1. The number of nitrogens with zero attached hydrogens (tertiary/aromatic N) is 2. The number of imide groups is 1. The van der Waals surface area contributed by atoms with Crippen molar-refractivity contribution in [3.05, 3.63) is 93.6 Å². The van der Waals surface area contributed by atoms with Crippen molar-refractivity contribution in [2.45, 2.75) is 18.1 Å². The highest BCUT2D eigenvalue weighted by molar-refractivity contribution is 7.99. The summed E-state index contributed by atoms with van der Waals surface area (Å²) in [7, 11) is 0. The second-order valence-electron chi connectivity index (χ2n) is 6.95. The first-order valence-corrected chi connectivity index (χ1v) is 11.1. The summed E-state index contributed by atoms with van der Waals surface area (Å²) in [4.78, 5) is 42.1. The van der Waals surface area contributed by atoms with Crippen LogP contribution in [0.5, 0.6) is 0 Å². The van der Waals surface area contributed by atoms with E-state index in [0.717, 1.165) is 17.3 Å². The van der Waals surface area contributed by atoms with E-state index in [2.05, 4.69) is 10.3 Å². The molecule has 0 aliphatic heterocycles. The number of hydrogen-bond donors (Lipinski definition) is 1. The first kappa shape index (κ1) is 21.9. The molecule has 2 aromatic heterocycles. The zero-order valence-electron chi connectivity index (χ0n) is 16.8. The Hall–Kier alpha value is -3.36. The molecule has 2 heterocycles. The van der Waals surface area contributed by atoms with Crippen LogP contribution in [0.2, 0.25) is 5.02 Å². The first-order chi connectivity index (χ1) is 15.5. The van der Waals surface area contributed by atoms with E-state index >= 15 is 0 Å². The maximum atomic E-state index is 13.1. The molecule has 0 aliphatic carbocycles. The molecule has 0 spiro atoms. The average molecular weight is 468 g/mol. The fraction of sp³-hybridized carbons (Fsp3) is 0.130. The van der Waals surface area contributed by atoms with Gasteiger partial charge in [0.2, 0.25) is 11.8 Å². The van der Waals surface area contributed by atoms with E-state index < -0.39 is 11.8 Å². The molecule has 4 aromatic rings. The smallest absolute Gasteiger partial charge is 0.262 e. The van der Waals surface area contributed by atoms with Gasteiger partial charge < -0.3 is 4.42 Å². The predicted molar refractivity (Wildman–Crippen MR) is 123 cm³/mol. The van der Waals surface area contributed by atoms with Crippen LogP contribution in [0.4, 0.5) is 0 Å². The molecule has 0 aliphatic rings. The van der Waals surface area contributed by atoms with Crippen LogP contribution in [0.3, 0.4) is 0 Å². The molecule has 2 aromatic carbocycles. The van der Waals surface area contributed by atoms with Crippen molar-refractivity contribution >= 4 is 46.1 Å². The molecule has 0 unspecified atom stereocenters. The van der Waals surface area contributed by atoms with Gasteiger partial charge in [0.25, 0.3) is 5.56 Å². The van der Waals surface area contributed by atoms with E-state index in [-0.39, 0.29) is 24.3 Å². The Kier molecular flexibility index (Phi) is 6.72. The fourth-order valence-electron chi connectivity index (χ4n) is 3.13. The van der Waals surface area contributed by atoms with Gasteiger partial charge in [0.15, 0.2) is 5.16 Å². The summed E-state index contributed by atoms with van der Waals surface area (Å²) >= 11 is 7.12. The minimum atomic E-state index is -0.471. The maximum Gasteiger partial charge on any atom is 0.262 e. The second-order valence-corrected chi connectivity index (χ2v) is 8.33. The molecule has 9 heteroatoms. The summed E-state index contributed by atoms with van der Waals surface area (Å²) in [5, 5.41) is 3.56. The number of carbonyl (C=O) groups excluding carboxylic acids is 2. The third-order valence-electron chi connectivity index (χ3n) is 4.60. The van der Waals surface area contributed by atoms with Crippen molar-refractivity contribution in [2.75, 3.05) is 5.75 Å². The number of fused-ring (bicyclic) bond motifs is 1. The van der Waals surface area contributed by atoms with Gasteiger partial charge in [0, 0.05) is 5.02 Å². The van der Waals surface area contributed by atoms with Crippen LogP contribution >= 0.6 is 23.4 Å². The minimum absolute atomic E-state index is 0.0861. The predicted octanol–water partition coefficient (Wildman–Crippen LogP) is 3.67. The number of nitrogens with one attached hydrogen (secondary N) is 1. The zero-order chi connectivity index (χ0) is 22.5. The summed E-state index contributed by atoms with van der Waals surface area (Å²) in [5.74, 6) is -0.377. The number of furan rings is 1. The highest BCUT2D eigenvalue weighted by Crippen LogP contribution is 2.21. The molecule has 0 bridgehead atoms. The Morgan fingerprint density at radius 1 is 1.06 bits per heavy atom. The van der Waals surface area contributed by atoms with Crippen LogP contribution in [-0.2, 0) is 22.6 Å². The summed E-state index contributed by atoms with van der Waals surface area (Å²) in [6, 6.07) is 17.5. The van der Waals surface area contributed by atoms with Gasteiger partial charge in [0.05, 0.1) is 35.9 Å². The summed E-state index contributed by atoms with van der Waals surface area (Å²) < 4.78 is 6.81. The Labute approximate surface area is 192 Å². The van der Waals surface area contributed by atoms with Crippen LogP contribution in [-0.4, -0.2) is 27.1 Å². The van der Waals surface area contributed by atoms with E-state index in [1.54, 1.807) is 30.3 Å². The van der Waals surface area contributed by atoms with E-state index in [1.165, 1.54) is 10.8 Å². The number of thioether (sulfide) groups is 1. The van der Waals surface area contributed by atoms with Crippen molar-refractivity contribution in [2.24, 2.45) is 0 Å². The van der Waals surface area contributed by atoms with Crippen molar-refractivity contribution in [3.63, 3.8) is 0 Å². The van der Waals surface area contributed by atoms with Crippen molar-refractivity contribution in [1.82, 2.24) is 14.9 Å². The molecule has 2 amide bonds. The minimum Gasteiger partial charge on any atom is -0.467 e. The number of rotatable bonds is 7. The fourth-order valence-corrected chi connectivity index (χ4v) is 4.09. The van der Waals surface area contributed by atoms with Crippen molar-refractivity contribution in [1.29, 1.82) is 0 Å². The number of carbonyl (C=O) groups is 2. The van der Waals surface area contributed by atoms with Crippen molar-refractivity contribution in [3.8, 4) is 0 Å². The molecular weight excluding hydrogens is 450 g/mol. The Morgan fingerprint density at radius 3 is 2.62 bits per heavy atom. The lowest BCUT2D eigenvalue weighted by atomic mass is 10.1. The third kappa shape index (κ3) is 5.27. The Morgan fingerprint density at radius 2 is 1.88 bits per heavy atom. The number of amides is 2. The summed E-state index contributed by atoms with van der Waals surface area (Å²) in [5.41, 5.74) is 0.971. The van der Waals surface area contributed by atoms with Crippen LogP contribution in [0.15, 0.2) is 81.3 Å². The largest absolute Gasteiger partial charge is 0.467 e. The standard InChI is InChI=1S/C23H18ClN3O4S/c24-16-8-9-18-19(12-16)25-23(27(22(18)30)13-17-7-4-10-31-17)32-14-21(29)26-20(28)11-15-5-2-1-3-6-15/h1-10,12H,11,13-14H2,(H,26,28,29). The Balaban J connectivity index is 1.52. The number of halogens is 1. The molecule has 32 heavy (non-hydrogen) atoms. The number of benzene rings is 2. The first-order valence-electron chi connectivity index (χ1n) is 9.71. The summed E-state index contributed by atoms with van der Waals surface area (Å²) in [6.45, 7) is 0.161. The van der Waals surface area contributed by atoms with Gasteiger partial charge in [-0.15, -0.1) is 0 Å². The maximum absolute atomic E-state index is 13.1. The molecule has 0 saturated carbocycles. The normalized spacial score (nSPS) is 10.9. The van der Waals surface area contributed by atoms with E-state index in [1.807, 2.05) is 30.3 Å². The second kappa shape index (κ2) is 9.84. The lowest BCUT2D eigenvalue weighted by Crippen LogP contribution is -2.33. The topological polar surface area (TPSA) is 94.2 Å². The van der Waals surface area contributed by atoms with E-state index in [4.69, 9.17) is 16.0 Å². The monoisotopic (exact) mass is 467 g/mol. The van der Waals surface area contributed by atoms with Gasteiger partial charge in [-0.1, -0.05) is 53.7 Å². The van der Waals surface area contributed by atoms with Crippen LogP contribution < -0.4 is 10.9 Å². The highest BCUT2D eigenvalue weighted by Gasteiger charge is 2.16. The van der Waals surface area contributed by atoms with Gasteiger partial charge in [-0.3, -0.25) is 24.3 Å².